The average molecular weight is 390 g/mol. The Morgan fingerprint density at radius 1 is 1.14 bits per heavy atom. The molecule has 5 heteroatoms. The summed E-state index contributed by atoms with van der Waals surface area (Å²) in [4.78, 5) is 16.7. The van der Waals surface area contributed by atoms with Crippen molar-refractivity contribution >= 4 is 16.8 Å². The highest BCUT2D eigenvalue weighted by Gasteiger charge is 2.12. The number of benzene rings is 2. The summed E-state index contributed by atoms with van der Waals surface area (Å²) in [7, 11) is 0. The van der Waals surface area contributed by atoms with E-state index < -0.39 is 5.82 Å². The molecule has 1 amide bonds. The molecule has 4 nitrogen and oxygen atoms in total. The predicted molar refractivity (Wildman–Crippen MR) is 112 cm³/mol. The summed E-state index contributed by atoms with van der Waals surface area (Å²) in [6.45, 7) is 2.47. The second kappa shape index (κ2) is 10.2. The number of halogens is 1. The highest BCUT2D eigenvalue weighted by molar-refractivity contribution is 5.97. The molecule has 0 bridgehead atoms. The first-order valence-electron chi connectivity index (χ1n) is 9.68. The molecule has 1 aromatic heterocycles. The van der Waals surface area contributed by atoms with Gasteiger partial charge in [-0.15, -0.1) is 5.92 Å². The number of unbranched alkanes of at least 4 members (excludes halogenated alkanes) is 1. The zero-order chi connectivity index (χ0) is 20.5. The van der Waals surface area contributed by atoms with Crippen molar-refractivity contribution in [2.75, 3.05) is 6.61 Å². The summed E-state index contributed by atoms with van der Waals surface area (Å²) in [6, 6.07) is 13.9. The predicted octanol–water partition coefficient (Wildman–Crippen LogP) is 4.88. The normalized spacial score (nSPS) is 10.3. The summed E-state index contributed by atoms with van der Waals surface area (Å²) in [5.74, 6) is 5.47. The number of ether oxygens (including phenoxy) is 1. The summed E-state index contributed by atoms with van der Waals surface area (Å²) >= 11 is 0. The minimum Gasteiger partial charge on any atom is -0.490 e. The third-order valence-corrected chi connectivity index (χ3v) is 4.33. The maximum absolute atomic E-state index is 14.6. The monoisotopic (exact) mass is 390 g/mol. The molecule has 0 saturated heterocycles. The first-order chi connectivity index (χ1) is 14.2. The zero-order valence-corrected chi connectivity index (χ0v) is 16.4. The maximum atomic E-state index is 14.6. The third kappa shape index (κ3) is 5.55. The van der Waals surface area contributed by atoms with Crippen molar-refractivity contribution in [2.45, 2.75) is 32.7 Å². The highest BCUT2D eigenvalue weighted by atomic mass is 19.1. The van der Waals surface area contributed by atoms with Crippen molar-refractivity contribution in [3.8, 4) is 17.6 Å². The molecular formula is C24H23FN2O2. The SMILES string of the molecule is CCCC#CCCOc1cccc(CNC(=O)c2ccc3ncccc3c2)c1F. The van der Waals surface area contributed by atoms with Gasteiger partial charge in [0.15, 0.2) is 11.6 Å². The van der Waals surface area contributed by atoms with Crippen molar-refractivity contribution in [3.05, 3.63) is 71.7 Å². The van der Waals surface area contributed by atoms with Crippen LogP contribution in [0.15, 0.2) is 54.7 Å². The molecule has 0 radical (unpaired) electrons. The molecule has 3 rings (SSSR count). The van der Waals surface area contributed by atoms with E-state index in [2.05, 4.69) is 29.1 Å². The Morgan fingerprint density at radius 3 is 2.86 bits per heavy atom. The Bertz CT molecular complexity index is 1050. The van der Waals surface area contributed by atoms with Gasteiger partial charge in [0.05, 0.1) is 12.1 Å². The number of pyridine rings is 1. The topological polar surface area (TPSA) is 51.2 Å². The number of hydrogen-bond donors (Lipinski definition) is 1. The Labute approximate surface area is 170 Å². The second-order valence-electron chi connectivity index (χ2n) is 6.52. The lowest BCUT2D eigenvalue weighted by Gasteiger charge is -2.11. The van der Waals surface area contributed by atoms with Gasteiger partial charge in [-0.25, -0.2) is 4.39 Å². The fourth-order valence-electron chi connectivity index (χ4n) is 2.81. The van der Waals surface area contributed by atoms with Crippen LogP contribution in [-0.2, 0) is 6.54 Å². The van der Waals surface area contributed by atoms with Crippen LogP contribution in [0.2, 0.25) is 0 Å². The summed E-state index contributed by atoms with van der Waals surface area (Å²) < 4.78 is 20.1. The molecule has 0 fully saturated rings. The molecule has 0 atom stereocenters. The fraction of sp³-hybridized carbons (Fsp3) is 0.250. The second-order valence-corrected chi connectivity index (χ2v) is 6.52. The molecule has 0 aliphatic carbocycles. The van der Waals surface area contributed by atoms with Gasteiger partial charge in [-0.2, -0.15) is 0 Å². The van der Waals surface area contributed by atoms with Crippen LogP contribution in [0.5, 0.6) is 5.75 Å². The maximum Gasteiger partial charge on any atom is 0.251 e. The summed E-state index contributed by atoms with van der Waals surface area (Å²) in [5, 5.41) is 3.64. The smallest absolute Gasteiger partial charge is 0.251 e. The minimum absolute atomic E-state index is 0.0727. The Morgan fingerprint density at radius 2 is 2.00 bits per heavy atom. The lowest BCUT2D eigenvalue weighted by molar-refractivity contribution is 0.0950. The van der Waals surface area contributed by atoms with Gasteiger partial charge < -0.3 is 10.1 Å². The van der Waals surface area contributed by atoms with Gasteiger partial charge >= 0.3 is 0 Å². The molecule has 148 valence electrons. The van der Waals surface area contributed by atoms with E-state index >= 15 is 0 Å². The molecule has 1 heterocycles. The van der Waals surface area contributed by atoms with Crippen molar-refractivity contribution in [1.82, 2.24) is 10.3 Å². The van der Waals surface area contributed by atoms with Gasteiger partial charge in [-0.3, -0.25) is 9.78 Å². The van der Waals surface area contributed by atoms with Crippen LogP contribution >= 0.6 is 0 Å². The molecule has 2 aromatic carbocycles. The molecule has 3 aromatic rings. The van der Waals surface area contributed by atoms with Gasteiger partial charge in [-0.05, 0) is 36.8 Å². The van der Waals surface area contributed by atoms with Crippen LogP contribution in [0, 0.1) is 17.7 Å². The number of rotatable bonds is 7. The quantitative estimate of drug-likeness (QED) is 0.462. The van der Waals surface area contributed by atoms with E-state index in [1.54, 1.807) is 42.6 Å². The molecule has 0 aliphatic heterocycles. The molecule has 1 N–H and O–H groups in total. The van der Waals surface area contributed by atoms with Gasteiger partial charge in [0, 0.05) is 42.1 Å². The number of fused-ring (bicyclic) bond motifs is 1. The molecule has 0 unspecified atom stereocenters. The average Bonchev–Trinajstić information content (AvgIpc) is 2.75. The molecular weight excluding hydrogens is 367 g/mol. The lowest BCUT2D eigenvalue weighted by Crippen LogP contribution is -2.23. The van der Waals surface area contributed by atoms with Gasteiger partial charge in [-0.1, -0.05) is 31.0 Å². The van der Waals surface area contributed by atoms with Crippen LogP contribution < -0.4 is 10.1 Å². The summed E-state index contributed by atoms with van der Waals surface area (Å²) in [6.07, 6.45) is 4.14. The van der Waals surface area contributed by atoms with E-state index in [0.717, 1.165) is 23.7 Å². The first-order valence-corrected chi connectivity index (χ1v) is 9.68. The standard InChI is InChI=1S/C24H23FN2O2/c1-2-3-4-5-6-15-29-22-11-7-9-20(23(22)25)17-27-24(28)19-12-13-21-18(16-19)10-8-14-26-21/h7-14,16H,2-3,6,15,17H2,1H3,(H,27,28). The van der Waals surface area contributed by atoms with Gasteiger partial charge in [0.1, 0.15) is 0 Å². The van der Waals surface area contributed by atoms with E-state index in [9.17, 15) is 9.18 Å². The van der Waals surface area contributed by atoms with E-state index in [4.69, 9.17) is 4.74 Å². The summed E-state index contributed by atoms with van der Waals surface area (Å²) in [5.41, 5.74) is 1.69. The fourth-order valence-corrected chi connectivity index (χ4v) is 2.81. The molecule has 0 aliphatic rings. The Kier molecular flexibility index (Phi) is 7.18. The Balaban J connectivity index is 1.59. The molecule has 0 saturated carbocycles. The van der Waals surface area contributed by atoms with Gasteiger partial charge in [0.25, 0.3) is 5.91 Å². The number of carbonyl (C=O) groups is 1. The van der Waals surface area contributed by atoms with E-state index in [0.29, 0.717) is 24.2 Å². The first kappa shape index (κ1) is 20.3. The molecule has 29 heavy (non-hydrogen) atoms. The number of hydrogen-bond acceptors (Lipinski definition) is 3. The van der Waals surface area contributed by atoms with Crippen LogP contribution in [0.25, 0.3) is 10.9 Å². The van der Waals surface area contributed by atoms with Crippen molar-refractivity contribution in [3.63, 3.8) is 0 Å². The van der Waals surface area contributed by atoms with Crippen molar-refractivity contribution in [1.29, 1.82) is 0 Å². The molecule has 0 spiro atoms. The number of nitrogens with one attached hydrogen (secondary N) is 1. The van der Waals surface area contributed by atoms with Gasteiger partial charge in [0.2, 0.25) is 0 Å². The Hall–Kier alpha value is -3.39. The minimum atomic E-state index is -0.461. The number of amides is 1. The van der Waals surface area contributed by atoms with E-state index in [-0.39, 0.29) is 18.2 Å². The van der Waals surface area contributed by atoms with Crippen LogP contribution in [0.3, 0.4) is 0 Å². The zero-order valence-electron chi connectivity index (χ0n) is 16.4. The van der Waals surface area contributed by atoms with Crippen molar-refractivity contribution < 1.29 is 13.9 Å². The van der Waals surface area contributed by atoms with Crippen LogP contribution in [0.1, 0.15) is 42.1 Å². The van der Waals surface area contributed by atoms with Crippen LogP contribution in [-0.4, -0.2) is 17.5 Å². The number of aromatic nitrogens is 1. The number of carbonyl (C=O) groups excluding carboxylic acids is 1. The van der Waals surface area contributed by atoms with Crippen LogP contribution in [0.4, 0.5) is 4.39 Å². The van der Waals surface area contributed by atoms with E-state index in [1.807, 2.05) is 12.1 Å². The highest BCUT2D eigenvalue weighted by Crippen LogP contribution is 2.21. The third-order valence-electron chi connectivity index (χ3n) is 4.33. The van der Waals surface area contributed by atoms with Crippen molar-refractivity contribution in [2.24, 2.45) is 0 Å². The van der Waals surface area contributed by atoms with E-state index in [1.165, 1.54) is 0 Å². The number of nitrogens with zero attached hydrogens (tertiary/aromatic N) is 1. The lowest BCUT2D eigenvalue weighted by atomic mass is 10.1. The largest absolute Gasteiger partial charge is 0.490 e.